The minimum absolute atomic E-state index is 0.168. The van der Waals surface area contributed by atoms with Crippen LogP contribution in [0.4, 0.5) is 5.82 Å². The summed E-state index contributed by atoms with van der Waals surface area (Å²) >= 11 is 0. The molecule has 0 bridgehead atoms. The average Bonchev–Trinajstić information content (AvgIpc) is 3.35. The van der Waals surface area contributed by atoms with Gasteiger partial charge in [-0.15, -0.1) is 0 Å². The first-order chi connectivity index (χ1) is 13.7. The molecule has 2 heterocycles. The van der Waals surface area contributed by atoms with Crippen LogP contribution in [0, 0.1) is 0 Å². The highest BCUT2D eigenvalue weighted by Crippen LogP contribution is 2.23. The molecule has 0 saturated carbocycles. The van der Waals surface area contributed by atoms with Crippen molar-refractivity contribution in [3.05, 3.63) is 72.2 Å². The Labute approximate surface area is 159 Å². The smallest absolute Gasteiger partial charge is 0.343 e. The predicted molar refractivity (Wildman–Crippen MR) is 101 cm³/mol. The topological polar surface area (TPSA) is 99.2 Å². The van der Waals surface area contributed by atoms with Gasteiger partial charge in [0.05, 0.1) is 18.5 Å². The number of hydrogen-bond donors (Lipinski definition) is 1. The summed E-state index contributed by atoms with van der Waals surface area (Å²) in [7, 11) is 0. The number of carbonyl (C=O) groups excluding carboxylic acids is 2. The molecule has 8 heteroatoms. The number of anilines is 1. The molecule has 1 N–H and O–H groups in total. The molecule has 140 valence electrons. The van der Waals surface area contributed by atoms with Gasteiger partial charge in [-0.25, -0.2) is 14.5 Å². The van der Waals surface area contributed by atoms with Crippen LogP contribution in [0.1, 0.15) is 27.6 Å². The Bertz CT molecular complexity index is 1150. The van der Waals surface area contributed by atoms with Crippen molar-refractivity contribution in [3.63, 3.8) is 0 Å². The molecule has 0 aliphatic rings. The third kappa shape index (κ3) is 3.23. The van der Waals surface area contributed by atoms with Gasteiger partial charge >= 0.3 is 5.97 Å². The second-order valence-corrected chi connectivity index (χ2v) is 5.86. The molecule has 2 aromatic carbocycles. The maximum atomic E-state index is 12.8. The largest absolute Gasteiger partial charge is 0.462 e. The van der Waals surface area contributed by atoms with E-state index in [0.29, 0.717) is 22.4 Å². The number of para-hydroxylation sites is 1. The first-order valence-electron chi connectivity index (χ1n) is 8.62. The molecule has 4 aromatic rings. The number of carbonyl (C=O) groups is 2. The number of ether oxygens (including phenoxy) is 1. The highest BCUT2D eigenvalue weighted by Gasteiger charge is 2.22. The Morgan fingerprint density at radius 1 is 1.18 bits per heavy atom. The quantitative estimate of drug-likeness (QED) is 0.536. The standard InChI is InChI=1S/C20H16N4O4/c1-2-27-20(26)15-11-22-24(14-6-4-3-5-7-14)18(15)23-19(25)13-8-9-17-16(10-13)21-12-28-17/h3-12H,2H2,1H3,(H,23,25). The van der Waals surface area contributed by atoms with Crippen molar-refractivity contribution in [1.29, 1.82) is 0 Å². The fraction of sp³-hybridized carbons (Fsp3) is 0.100. The van der Waals surface area contributed by atoms with E-state index in [-0.39, 0.29) is 18.0 Å². The van der Waals surface area contributed by atoms with Crippen LogP contribution in [0.25, 0.3) is 16.8 Å². The summed E-state index contributed by atoms with van der Waals surface area (Å²) in [5, 5.41) is 7.02. The maximum absolute atomic E-state index is 12.8. The molecule has 2 aromatic heterocycles. The Hall–Kier alpha value is -3.94. The predicted octanol–water partition coefficient (Wildman–Crippen LogP) is 3.44. The van der Waals surface area contributed by atoms with Gasteiger partial charge in [0.25, 0.3) is 5.91 Å². The van der Waals surface area contributed by atoms with Gasteiger partial charge in [0.15, 0.2) is 17.8 Å². The van der Waals surface area contributed by atoms with E-state index < -0.39 is 11.9 Å². The Balaban J connectivity index is 1.72. The molecule has 1 amide bonds. The molecule has 0 radical (unpaired) electrons. The molecular weight excluding hydrogens is 360 g/mol. The number of benzene rings is 2. The van der Waals surface area contributed by atoms with Gasteiger partial charge in [0.1, 0.15) is 11.1 Å². The van der Waals surface area contributed by atoms with Crippen molar-refractivity contribution in [2.24, 2.45) is 0 Å². The van der Waals surface area contributed by atoms with E-state index in [4.69, 9.17) is 9.15 Å². The number of hydrogen-bond acceptors (Lipinski definition) is 6. The van der Waals surface area contributed by atoms with E-state index in [2.05, 4.69) is 15.4 Å². The van der Waals surface area contributed by atoms with Gasteiger partial charge in [0, 0.05) is 5.56 Å². The monoisotopic (exact) mass is 376 g/mol. The molecule has 0 unspecified atom stereocenters. The highest BCUT2D eigenvalue weighted by atomic mass is 16.5. The number of oxazole rings is 1. The summed E-state index contributed by atoms with van der Waals surface area (Å²) in [5.41, 5.74) is 2.38. The molecule has 28 heavy (non-hydrogen) atoms. The lowest BCUT2D eigenvalue weighted by atomic mass is 10.2. The van der Waals surface area contributed by atoms with Gasteiger partial charge in [0.2, 0.25) is 0 Å². The number of rotatable bonds is 5. The molecule has 0 fully saturated rings. The van der Waals surface area contributed by atoms with Crippen molar-refractivity contribution in [1.82, 2.24) is 14.8 Å². The molecule has 0 aliphatic heterocycles. The van der Waals surface area contributed by atoms with Crippen molar-refractivity contribution >= 4 is 28.8 Å². The fourth-order valence-electron chi connectivity index (χ4n) is 2.77. The summed E-state index contributed by atoms with van der Waals surface area (Å²) in [6, 6.07) is 14.1. The van der Waals surface area contributed by atoms with Gasteiger partial charge in [-0.1, -0.05) is 18.2 Å². The zero-order valence-electron chi connectivity index (χ0n) is 15.0. The van der Waals surface area contributed by atoms with Gasteiger partial charge in [-0.3, -0.25) is 4.79 Å². The Morgan fingerprint density at radius 2 is 2.00 bits per heavy atom. The van der Waals surface area contributed by atoms with Crippen LogP contribution in [0.3, 0.4) is 0 Å². The van der Waals surface area contributed by atoms with E-state index >= 15 is 0 Å². The number of amides is 1. The summed E-state index contributed by atoms with van der Waals surface area (Å²) in [6.45, 7) is 1.93. The van der Waals surface area contributed by atoms with E-state index in [9.17, 15) is 9.59 Å². The van der Waals surface area contributed by atoms with Gasteiger partial charge in [-0.05, 0) is 37.3 Å². The molecule has 4 rings (SSSR count). The van der Waals surface area contributed by atoms with Crippen molar-refractivity contribution < 1.29 is 18.7 Å². The molecular formula is C20H16N4O4. The van der Waals surface area contributed by atoms with Crippen LogP contribution in [0.5, 0.6) is 0 Å². The zero-order chi connectivity index (χ0) is 19.5. The van der Waals surface area contributed by atoms with Crippen LogP contribution in [-0.2, 0) is 4.74 Å². The molecule has 8 nitrogen and oxygen atoms in total. The number of nitrogens with zero attached hydrogens (tertiary/aromatic N) is 3. The highest BCUT2D eigenvalue weighted by molar-refractivity contribution is 6.08. The third-order valence-corrected chi connectivity index (χ3v) is 4.09. The summed E-state index contributed by atoms with van der Waals surface area (Å²) in [4.78, 5) is 29.2. The van der Waals surface area contributed by atoms with Gasteiger partial charge < -0.3 is 14.5 Å². The lowest BCUT2D eigenvalue weighted by molar-refractivity contribution is 0.0527. The third-order valence-electron chi connectivity index (χ3n) is 4.09. The lowest BCUT2D eigenvalue weighted by Crippen LogP contribution is -2.18. The first-order valence-corrected chi connectivity index (χ1v) is 8.62. The number of nitrogens with one attached hydrogen (secondary N) is 1. The van der Waals surface area contributed by atoms with Crippen molar-refractivity contribution in [2.75, 3.05) is 11.9 Å². The van der Waals surface area contributed by atoms with Crippen LogP contribution in [0.2, 0.25) is 0 Å². The Morgan fingerprint density at radius 3 is 2.79 bits per heavy atom. The fourth-order valence-corrected chi connectivity index (χ4v) is 2.77. The number of fused-ring (bicyclic) bond motifs is 1. The summed E-state index contributed by atoms with van der Waals surface area (Å²) in [6.07, 6.45) is 2.69. The second kappa shape index (κ2) is 7.36. The lowest BCUT2D eigenvalue weighted by Gasteiger charge is -2.11. The van der Waals surface area contributed by atoms with E-state index in [0.717, 1.165) is 0 Å². The van der Waals surface area contributed by atoms with Crippen LogP contribution in [0.15, 0.2) is 65.5 Å². The minimum Gasteiger partial charge on any atom is -0.462 e. The zero-order valence-corrected chi connectivity index (χ0v) is 15.0. The molecule has 0 spiro atoms. The Kier molecular flexibility index (Phi) is 4.59. The van der Waals surface area contributed by atoms with Crippen molar-refractivity contribution in [2.45, 2.75) is 6.92 Å². The second-order valence-electron chi connectivity index (χ2n) is 5.86. The molecule has 0 aliphatic carbocycles. The first kappa shape index (κ1) is 17.5. The maximum Gasteiger partial charge on any atom is 0.343 e. The summed E-state index contributed by atoms with van der Waals surface area (Å²) < 4.78 is 11.8. The SMILES string of the molecule is CCOC(=O)c1cnn(-c2ccccc2)c1NC(=O)c1ccc2ocnc2c1. The summed E-state index contributed by atoms with van der Waals surface area (Å²) in [5.74, 6) is -0.741. The number of aromatic nitrogens is 3. The minimum atomic E-state index is -0.563. The van der Waals surface area contributed by atoms with Crippen LogP contribution < -0.4 is 5.32 Å². The average molecular weight is 376 g/mol. The van der Waals surface area contributed by atoms with E-state index in [1.54, 1.807) is 25.1 Å². The number of esters is 1. The normalized spacial score (nSPS) is 10.8. The van der Waals surface area contributed by atoms with E-state index in [1.807, 2.05) is 30.3 Å². The molecule has 0 saturated heterocycles. The van der Waals surface area contributed by atoms with E-state index in [1.165, 1.54) is 17.3 Å². The molecule has 0 atom stereocenters. The van der Waals surface area contributed by atoms with Crippen LogP contribution >= 0.6 is 0 Å². The van der Waals surface area contributed by atoms with Gasteiger partial charge in [-0.2, -0.15) is 5.10 Å². The van der Waals surface area contributed by atoms with Crippen molar-refractivity contribution in [3.8, 4) is 5.69 Å². The van der Waals surface area contributed by atoms with Crippen LogP contribution in [-0.4, -0.2) is 33.2 Å².